The number of amides is 1. The molecule has 0 saturated carbocycles. The van der Waals surface area contributed by atoms with Crippen molar-refractivity contribution < 1.29 is 19.4 Å². The first-order valence-electron chi connectivity index (χ1n) is 7.62. The van der Waals surface area contributed by atoms with Gasteiger partial charge in [0.25, 0.3) is 0 Å². The van der Waals surface area contributed by atoms with E-state index in [1.807, 2.05) is 24.3 Å². The number of carbonyl (C=O) groups is 2. The van der Waals surface area contributed by atoms with Crippen LogP contribution in [-0.4, -0.2) is 40.3 Å². The van der Waals surface area contributed by atoms with Crippen molar-refractivity contribution in [1.82, 2.24) is 4.90 Å². The summed E-state index contributed by atoms with van der Waals surface area (Å²) >= 11 is 2.25. The van der Waals surface area contributed by atoms with Crippen LogP contribution in [0.5, 0.6) is 0 Å². The van der Waals surface area contributed by atoms with Gasteiger partial charge in [-0.3, -0.25) is 4.90 Å². The maximum Gasteiger partial charge on any atom is 0.411 e. The smallest absolute Gasteiger partial charge is 0.411 e. The Morgan fingerprint density at radius 1 is 1.30 bits per heavy atom. The van der Waals surface area contributed by atoms with Crippen LogP contribution in [-0.2, 0) is 16.0 Å². The molecule has 0 spiro atoms. The predicted octanol–water partition coefficient (Wildman–Crippen LogP) is 3.54. The fourth-order valence-corrected chi connectivity index (χ4v) is 3.14. The summed E-state index contributed by atoms with van der Waals surface area (Å²) in [7, 11) is 0. The third kappa shape index (κ3) is 5.09. The lowest BCUT2D eigenvalue weighted by atomic mass is 9.97. The van der Waals surface area contributed by atoms with Crippen molar-refractivity contribution in [2.45, 2.75) is 45.3 Å². The first kappa shape index (κ1) is 18.0. The van der Waals surface area contributed by atoms with E-state index in [-0.39, 0.29) is 5.92 Å². The van der Waals surface area contributed by atoms with E-state index in [2.05, 4.69) is 22.6 Å². The number of benzene rings is 1. The molecule has 1 aromatic rings. The van der Waals surface area contributed by atoms with Gasteiger partial charge in [0.15, 0.2) is 0 Å². The van der Waals surface area contributed by atoms with Crippen molar-refractivity contribution in [2.75, 3.05) is 6.54 Å². The summed E-state index contributed by atoms with van der Waals surface area (Å²) in [4.78, 5) is 25.1. The minimum atomic E-state index is -0.971. The van der Waals surface area contributed by atoms with Crippen LogP contribution in [0.1, 0.15) is 32.8 Å². The van der Waals surface area contributed by atoms with Crippen LogP contribution < -0.4 is 0 Å². The molecule has 2 atom stereocenters. The minimum absolute atomic E-state index is 0.128. The Bertz CT molecular complexity index is 579. The summed E-state index contributed by atoms with van der Waals surface area (Å²) in [6, 6.07) is 7.36. The highest BCUT2D eigenvalue weighted by molar-refractivity contribution is 14.1. The molecule has 1 saturated heterocycles. The standard InChI is InChI=1S/C17H22INO4/c1-17(2,3)23-16(22)19-10-12(9-14(19)15(20)21)8-11-4-6-13(18)7-5-11/h4-7,12,14H,8-10H2,1-3H3,(H,20,21)/t12-,14+/m0/s1. The van der Waals surface area contributed by atoms with Crippen LogP contribution in [0, 0.1) is 9.49 Å². The van der Waals surface area contributed by atoms with Gasteiger partial charge in [-0.05, 0) is 79.8 Å². The van der Waals surface area contributed by atoms with E-state index < -0.39 is 23.7 Å². The van der Waals surface area contributed by atoms with Gasteiger partial charge in [-0.15, -0.1) is 0 Å². The number of aliphatic carboxylic acids is 1. The number of rotatable bonds is 3. The Labute approximate surface area is 150 Å². The monoisotopic (exact) mass is 431 g/mol. The molecule has 0 unspecified atom stereocenters. The van der Waals surface area contributed by atoms with Crippen LogP contribution in [0.25, 0.3) is 0 Å². The summed E-state index contributed by atoms with van der Waals surface area (Å²) in [5.41, 5.74) is 0.527. The topological polar surface area (TPSA) is 66.8 Å². The SMILES string of the molecule is CC(C)(C)OC(=O)N1C[C@@H](Cc2ccc(I)cc2)C[C@@H]1C(=O)O. The maximum atomic E-state index is 12.3. The highest BCUT2D eigenvalue weighted by Crippen LogP contribution is 2.28. The lowest BCUT2D eigenvalue weighted by molar-refractivity contribution is -0.142. The highest BCUT2D eigenvalue weighted by atomic mass is 127. The van der Waals surface area contributed by atoms with Gasteiger partial charge < -0.3 is 9.84 Å². The molecule has 1 heterocycles. The van der Waals surface area contributed by atoms with Crippen LogP contribution in [0.15, 0.2) is 24.3 Å². The van der Waals surface area contributed by atoms with Gasteiger partial charge in [0.05, 0.1) is 0 Å². The number of carbonyl (C=O) groups excluding carboxylic acids is 1. The summed E-state index contributed by atoms with van der Waals surface area (Å²) < 4.78 is 6.50. The summed E-state index contributed by atoms with van der Waals surface area (Å²) in [6.07, 6.45) is 0.676. The molecule has 0 aliphatic carbocycles. The molecule has 23 heavy (non-hydrogen) atoms. The number of carboxylic acid groups (broad SMARTS) is 1. The maximum absolute atomic E-state index is 12.3. The first-order chi connectivity index (χ1) is 10.7. The van der Waals surface area contributed by atoms with E-state index in [4.69, 9.17) is 4.74 Å². The fraction of sp³-hybridized carbons (Fsp3) is 0.529. The predicted molar refractivity (Wildman–Crippen MR) is 95.3 cm³/mol. The van der Waals surface area contributed by atoms with E-state index in [1.54, 1.807) is 20.8 Å². The molecule has 1 aliphatic rings. The van der Waals surface area contributed by atoms with Gasteiger partial charge in [-0.2, -0.15) is 0 Å². The van der Waals surface area contributed by atoms with Gasteiger partial charge in [-0.1, -0.05) is 12.1 Å². The summed E-state index contributed by atoms with van der Waals surface area (Å²) in [5.74, 6) is -0.843. The van der Waals surface area contributed by atoms with E-state index in [0.29, 0.717) is 13.0 Å². The number of hydrogen-bond acceptors (Lipinski definition) is 3. The Morgan fingerprint density at radius 3 is 2.43 bits per heavy atom. The van der Waals surface area contributed by atoms with Gasteiger partial charge in [0.1, 0.15) is 11.6 Å². The van der Waals surface area contributed by atoms with Gasteiger partial charge in [0.2, 0.25) is 0 Å². The van der Waals surface area contributed by atoms with Gasteiger partial charge in [0, 0.05) is 10.1 Å². The lowest BCUT2D eigenvalue weighted by Crippen LogP contribution is -2.43. The van der Waals surface area contributed by atoms with E-state index in [0.717, 1.165) is 15.6 Å². The van der Waals surface area contributed by atoms with E-state index in [1.165, 1.54) is 4.90 Å². The van der Waals surface area contributed by atoms with Crippen LogP contribution >= 0.6 is 22.6 Å². The van der Waals surface area contributed by atoms with E-state index >= 15 is 0 Å². The molecule has 1 fully saturated rings. The molecule has 0 radical (unpaired) electrons. The van der Waals surface area contributed by atoms with Crippen LogP contribution in [0.4, 0.5) is 4.79 Å². The number of carboxylic acids is 1. The third-order valence-corrected chi connectivity index (χ3v) is 4.46. The average molecular weight is 431 g/mol. The van der Waals surface area contributed by atoms with Crippen molar-refractivity contribution >= 4 is 34.7 Å². The number of nitrogens with zero attached hydrogens (tertiary/aromatic N) is 1. The minimum Gasteiger partial charge on any atom is -0.480 e. The lowest BCUT2D eigenvalue weighted by Gasteiger charge is -2.26. The van der Waals surface area contributed by atoms with Crippen molar-refractivity contribution in [3.8, 4) is 0 Å². The Balaban J connectivity index is 2.06. The number of likely N-dealkylation sites (tertiary alicyclic amines) is 1. The van der Waals surface area contributed by atoms with Crippen molar-refractivity contribution in [3.63, 3.8) is 0 Å². The molecule has 126 valence electrons. The first-order valence-corrected chi connectivity index (χ1v) is 8.70. The molecule has 2 rings (SSSR count). The van der Waals surface area contributed by atoms with Crippen molar-refractivity contribution in [1.29, 1.82) is 0 Å². The molecule has 1 amide bonds. The molecule has 1 aliphatic heterocycles. The Hall–Kier alpha value is -1.31. The zero-order valence-corrected chi connectivity index (χ0v) is 15.7. The molecule has 1 aromatic carbocycles. The second-order valence-electron chi connectivity index (χ2n) is 6.92. The van der Waals surface area contributed by atoms with Crippen LogP contribution in [0.3, 0.4) is 0 Å². The molecule has 5 nitrogen and oxygen atoms in total. The second-order valence-corrected chi connectivity index (χ2v) is 8.16. The molecular weight excluding hydrogens is 409 g/mol. The Kier molecular flexibility index (Phi) is 5.54. The molecular formula is C17H22INO4. The molecule has 6 heteroatoms. The number of ether oxygens (including phenoxy) is 1. The zero-order valence-electron chi connectivity index (χ0n) is 13.6. The third-order valence-electron chi connectivity index (χ3n) is 3.74. The van der Waals surface area contributed by atoms with Gasteiger partial charge in [-0.25, -0.2) is 9.59 Å². The zero-order chi connectivity index (χ0) is 17.2. The molecule has 0 aromatic heterocycles. The highest BCUT2D eigenvalue weighted by Gasteiger charge is 2.41. The number of hydrogen-bond donors (Lipinski definition) is 1. The van der Waals surface area contributed by atoms with Crippen molar-refractivity contribution in [3.05, 3.63) is 33.4 Å². The van der Waals surface area contributed by atoms with E-state index in [9.17, 15) is 14.7 Å². The molecule has 1 N–H and O–H groups in total. The normalized spacial score (nSPS) is 21.3. The second kappa shape index (κ2) is 7.07. The quantitative estimate of drug-likeness (QED) is 0.744. The summed E-state index contributed by atoms with van der Waals surface area (Å²) in [6.45, 7) is 5.75. The number of halogens is 1. The van der Waals surface area contributed by atoms with Crippen LogP contribution in [0.2, 0.25) is 0 Å². The fourth-order valence-electron chi connectivity index (χ4n) is 2.78. The summed E-state index contributed by atoms with van der Waals surface area (Å²) in [5, 5.41) is 9.40. The molecule has 0 bridgehead atoms. The largest absolute Gasteiger partial charge is 0.480 e. The van der Waals surface area contributed by atoms with Gasteiger partial charge >= 0.3 is 12.1 Å². The van der Waals surface area contributed by atoms with Crippen molar-refractivity contribution in [2.24, 2.45) is 5.92 Å². The Morgan fingerprint density at radius 2 is 1.91 bits per heavy atom. The average Bonchev–Trinajstić information content (AvgIpc) is 2.84.